The lowest BCUT2D eigenvalue weighted by Gasteiger charge is -2.36. The average Bonchev–Trinajstić information content (AvgIpc) is 3.05. The lowest BCUT2D eigenvalue weighted by Crippen LogP contribution is -2.47. The van der Waals surface area contributed by atoms with E-state index in [2.05, 4.69) is 15.5 Å². The Morgan fingerprint density at radius 2 is 1.75 bits per heavy atom. The highest BCUT2D eigenvalue weighted by Crippen LogP contribution is 2.29. The van der Waals surface area contributed by atoms with Crippen LogP contribution in [0.2, 0.25) is 10.0 Å². The molecule has 260 valence electrons. The number of fused-ring (bicyclic) bond motifs is 1. The molecule has 4 atom stereocenters. The lowest BCUT2D eigenvalue weighted by atomic mass is 10.0. The fourth-order valence-corrected chi connectivity index (χ4v) is 5.93. The SMILES string of the molecule is C[C@@H]1CN([C@H](C)CO)C(=O)c2cc(NC(=O)Nc3ccc(F)cc3)ccc2O[C@@H](C)CCCCO[C@@H]1CN(C)Cc1ccc(Cl)c(Cl)c1. The largest absolute Gasteiger partial charge is 0.490 e. The van der Waals surface area contributed by atoms with E-state index in [0.29, 0.717) is 53.4 Å². The van der Waals surface area contributed by atoms with E-state index in [9.17, 15) is 19.1 Å². The zero-order valence-electron chi connectivity index (χ0n) is 27.8. The van der Waals surface area contributed by atoms with Gasteiger partial charge in [-0.25, -0.2) is 9.18 Å². The van der Waals surface area contributed by atoms with E-state index < -0.39 is 17.9 Å². The number of urea groups is 1. The minimum Gasteiger partial charge on any atom is -0.490 e. The molecule has 0 saturated carbocycles. The second-order valence-electron chi connectivity index (χ2n) is 12.5. The topological polar surface area (TPSA) is 103 Å². The van der Waals surface area contributed by atoms with Crippen molar-refractivity contribution in [1.29, 1.82) is 0 Å². The molecule has 3 amide bonds. The van der Waals surface area contributed by atoms with Crippen LogP contribution < -0.4 is 15.4 Å². The first kappa shape index (κ1) is 37.4. The van der Waals surface area contributed by atoms with Gasteiger partial charge in [0, 0.05) is 43.5 Å². The Morgan fingerprint density at radius 3 is 2.46 bits per heavy atom. The fraction of sp³-hybridized carbons (Fsp3) is 0.444. The van der Waals surface area contributed by atoms with E-state index in [0.717, 1.165) is 24.8 Å². The van der Waals surface area contributed by atoms with Gasteiger partial charge in [-0.3, -0.25) is 9.69 Å². The van der Waals surface area contributed by atoms with Crippen LogP contribution in [0.1, 0.15) is 56.0 Å². The van der Waals surface area contributed by atoms with Gasteiger partial charge in [0.2, 0.25) is 0 Å². The van der Waals surface area contributed by atoms with E-state index in [4.69, 9.17) is 32.7 Å². The smallest absolute Gasteiger partial charge is 0.323 e. The summed E-state index contributed by atoms with van der Waals surface area (Å²) >= 11 is 12.4. The van der Waals surface area contributed by atoms with E-state index in [1.165, 1.54) is 24.3 Å². The third-order valence-corrected chi connectivity index (χ3v) is 9.08. The summed E-state index contributed by atoms with van der Waals surface area (Å²) in [5, 5.41) is 16.6. The van der Waals surface area contributed by atoms with Crippen molar-refractivity contribution in [2.75, 3.05) is 44.0 Å². The highest BCUT2D eigenvalue weighted by Gasteiger charge is 2.30. The van der Waals surface area contributed by atoms with Crippen LogP contribution in [0, 0.1) is 11.7 Å². The van der Waals surface area contributed by atoms with Crippen LogP contribution >= 0.6 is 23.2 Å². The van der Waals surface area contributed by atoms with Crippen molar-refractivity contribution >= 4 is 46.5 Å². The molecule has 3 aromatic carbocycles. The molecule has 48 heavy (non-hydrogen) atoms. The third kappa shape index (κ3) is 10.8. The zero-order chi connectivity index (χ0) is 34.8. The minimum absolute atomic E-state index is 0.103. The molecule has 0 spiro atoms. The Balaban J connectivity index is 1.58. The van der Waals surface area contributed by atoms with Crippen LogP contribution in [-0.2, 0) is 11.3 Å². The van der Waals surface area contributed by atoms with Crippen LogP contribution in [0.25, 0.3) is 0 Å². The summed E-state index contributed by atoms with van der Waals surface area (Å²) in [7, 11) is 2.01. The van der Waals surface area contributed by atoms with Gasteiger partial charge in [0.1, 0.15) is 11.6 Å². The number of rotatable bonds is 8. The van der Waals surface area contributed by atoms with Crippen molar-refractivity contribution in [2.24, 2.45) is 5.92 Å². The van der Waals surface area contributed by atoms with Gasteiger partial charge in [-0.2, -0.15) is 0 Å². The first-order valence-electron chi connectivity index (χ1n) is 16.2. The molecule has 0 radical (unpaired) electrons. The number of hydrogen-bond acceptors (Lipinski definition) is 6. The second-order valence-corrected chi connectivity index (χ2v) is 13.4. The number of likely N-dealkylation sites (N-methyl/N-ethyl adjacent to an activating group) is 1. The van der Waals surface area contributed by atoms with Crippen LogP contribution in [0.5, 0.6) is 5.75 Å². The van der Waals surface area contributed by atoms with Gasteiger partial charge >= 0.3 is 6.03 Å². The molecular formula is C36H45Cl2FN4O5. The molecule has 0 bridgehead atoms. The fourth-order valence-electron chi connectivity index (χ4n) is 5.61. The Kier molecular flexibility index (Phi) is 13.9. The number of benzene rings is 3. The Hall–Kier alpha value is -3.41. The molecule has 12 heteroatoms. The molecule has 4 rings (SSSR count). The summed E-state index contributed by atoms with van der Waals surface area (Å²) in [4.78, 5) is 30.9. The number of amides is 3. The number of halogens is 3. The number of anilines is 2. The van der Waals surface area contributed by atoms with Gasteiger partial charge < -0.3 is 30.1 Å². The maximum Gasteiger partial charge on any atom is 0.323 e. The number of aliphatic hydroxyl groups excluding tert-OH is 1. The first-order chi connectivity index (χ1) is 22.9. The van der Waals surface area contributed by atoms with E-state index in [-0.39, 0.29) is 36.2 Å². The van der Waals surface area contributed by atoms with Gasteiger partial charge in [-0.15, -0.1) is 0 Å². The number of carbonyl (C=O) groups is 2. The molecule has 9 nitrogen and oxygen atoms in total. The molecular weight excluding hydrogens is 658 g/mol. The van der Waals surface area contributed by atoms with Crippen molar-refractivity contribution < 1.29 is 28.6 Å². The molecule has 1 heterocycles. The number of aliphatic hydroxyl groups is 1. The lowest BCUT2D eigenvalue weighted by molar-refractivity contribution is -0.0177. The standard InChI is InChI=1S/C36H45Cl2FN4O5/c1-23-19-43(24(2)22-44)35(45)30-18-29(41-36(46)40-28-11-9-27(39)10-12-28)13-15-33(30)48-25(3)7-5-6-16-47-34(23)21-42(4)20-26-8-14-31(37)32(38)17-26/h8-15,17-18,23-25,34,44H,5-7,16,19-22H2,1-4H3,(H2,40,41,46)/t23-,24-,25+,34-/m1/s1. The maximum absolute atomic E-state index is 14.3. The highest BCUT2D eigenvalue weighted by molar-refractivity contribution is 6.42. The monoisotopic (exact) mass is 702 g/mol. The van der Waals surface area contributed by atoms with Gasteiger partial charge in [0.25, 0.3) is 5.91 Å². The van der Waals surface area contributed by atoms with Gasteiger partial charge in [0.15, 0.2) is 0 Å². The molecule has 0 aliphatic carbocycles. The van der Waals surface area contributed by atoms with Gasteiger partial charge in [0.05, 0.1) is 40.5 Å². The molecule has 1 aliphatic rings. The Morgan fingerprint density at radius 1 is 1.04 bits per heavy atom. The van der Waals surface area contributed by atoms with Crippen LogP contribution in [0.4, 0.5) is 20.6 Å². The quantitative estimate of drug-likeness (QED) is 0.222. The number of ether oxygens (including phenoxy) is 2. The summed E-state index contributed by atoms with van der Waals surface area (Å²) in [5.41, 5.74) is 2.07. The predicted molar refractivity (Wildman–Crippen MR) is 189 cm³/mol. The third-order valence-electron chi connectivity index (χ3n) is 8.34. The van der Waals surface area contributed by atoms with Crippen LogP contribution in [-0.4, -0.2) is 78.4 Å². The summed E-state index contributed by atoms with van der Waals surface area (Å²) in [6, 6.07) is 14.9. The molecule has 0 saturated heterocycles. The van der Waals surface area contributed by atoms with Gasteiger partial charge in [-0.1, -0.05) is 36.2 Å². The molecule has 0 fully saturated rings. The summed E-state index contributed by atoms with van der Waals surface area (Å²) < 4.78 is 26.1. The maximum atomic E-state index is 14.3. The summed E-state index contributed by atoms with van der Waals surface area (Å²) in [6.07, 6.45) is 2.09. The number of nitrogens with one attached hydrogen (secondary N) is 2. The minimum atomic E-state index is -0.552. The number of nitrogens with zero attached hydrogens (tertiary/aromatic N) is 2. The van der Waals surface area contributed by atoms with Crippen molar-refractivity contribution in [3.8, 4) is 5.75 Å². The second kappa shape index (κ2) is 17.8. The van der Waals surface area contributed by atoms with E-state index >= 15 is 0 Å². The Bertz CT molecular complexity index is 1530. The van der Waals surface area contributed by atoms with Crippen molar-refractivity contribution in [3.63, 3.8) is 0 Å². The predicted octanol–water partition coefficient (Wildman–Crippen LogP) is 7.70. The average molecular weight is 704 g/mol. The van der Waals surface area contributed by atoms with E-state index in [1.807, 2.05) is 33.0 Å². The Labute approximate surface area is 292 Å². The normalized spacial score (nSPS) is 20.0. The highest BCUT2D eigenvalue weighted by atomic mass is 35.5. The van der Waals surface area contributed by atoms with E-state index in [1.54, 1.807) is 36.1 Å². The van der Waals surface area contributed by atoms with Crippen molar-refractivity contribution in [2.45, 2.75) is 64.8 Å². The number of hydrogen-bond donors (Lipinski definition) is 3. The molecule has 3 N–H and O–H groups in total. The molecule has 1 aliphatic heterocycles. The van der Waals surface area contributed by atoms with Gasteiger partial charge in [-0.05, 0) is 100 Å². The summed E-state index contributed by atoms with van der Waals surface area (Å²) in [6.45, 7) is 7.66. The van der Waals surface area contributed by atoms with Crippen LogP contribution in [0.3, 0.4) is 0 Å². The van der Waals surface area contributed by atoms with Crippen LogP contribution in [0.15, 0.2) is 60.7 Å². The molecule has 0 unspecified atom stereocenters. The molecule has 0 aromatic heterocycles. The van der Waals surface area contributed by atoms with Crippen molar-refractivity contribution in [3.05, 3.63) is 87.7 Å². The zero-order valence-corrected chi connectivity index (χ0v) is 29.4. The van der Waals surface area contributed by atoms with Crippen molar-refractivity contribution in [1.82, 2.24) is 9.80 Å². The first-order valence-corrected chi connectivity index (χ1v) is 17.0. The summed E-state index contributed by atoms with van der Waals surface area (Å²) in [5.74, 6) is -0.462. The number of carbonyl (C=O) groups excluding carboxylic acids is 2. The molecule has 3 aromatic rings.